The van der Waals surface area contributed by atoms with Gasteiger partial charge in [-0.05, 0) is 66.7 Å². The Kier molecular flexibility index (Phi) is 8.82. The predicted molar refractivity (Wildman–Crippen MR) is 198 cm³/mol. The summed E-state index contributed by atoms with van der Waals surface area (Å²) < 4.78 is 0. The van der Waals surface area contributed by atoms with Crippen LogP contribution in [-0.2, 0) is 19.5 Å². The molecule has 14 heteroatoms. The van der Waals surface area contributed by atoms with Gasteiger partial charge in [0.05, 0.1) is 66.8 Å². The topological polar surface area (TPSA) is 178 Å². The van der Waals surface area contributed by atoms with Gasteiger partial charge in [0, 0.05) is 92.2 Å². The SMILES string of the molecule is N#Cc1ccc2nc3c4cccnc4c4ncccc4c3nc2c1.[Ru].c1cnc2c(ccc3nccnc32)n1.c1cnc2c(ccc3nccnc32)n1. The molecule has 11 aromatic rings. The first-order chi connectivity index (χ1) is 25.7. The summed E-state index contributed by atoms with van der Waals surface area (Å²) in [6.07, 6.45) is 16.9. The maximum atomic E-state index is 9.11. The van der Waals surface area contributed by atoms with Gasteiger partial charge in [0.25, 0.3) is 0 Å². The number of benzene rings is 4. The Labute approximate surface area is 311 Å². The van der Waals surface area contributed by atoms with Crippen LogP contribution in [0.25, 0.3) is 88.0 Å². The van der Waals surface area contributed by atoms with Crippen molar-refractivity contribution in [3.05, 3.63) is 134 Å². The molecular weight excluding hydrogens is 752 g/mol. The minimum absolute atomic E-state index is 0. The zero-order valence-corrected chi connectivity index (χ0v) is 29.0. The first-order valence-corrected chi connectivity index (χ1v) is 16.0. The van der Waals surface area contributed by atoms with E-state index in [0.29, 0.717) is 11.1 Å². The molecule has 0 saturated heterocycles. The average molecular weight is 773 g/mol. The third-order valence-electron chi connectivity index (χ3n) is 8.30. The number of pyridine rings is 2. The molecule has 0 unspecified atom stereocenters. The molecule has 0 aliphatic rings. The second-order valence-corrected chi connectivity index (χ2v) is 11.4. The minimum atomic E-state index is 0. The molecule has 7 aromatic heterocycles. The van der Waals surface area contributed by atoms with Crippen molar-refractivity contribution < 1.29 is 19.5 Å². The van der Waals surface area contributed by atoms with Gasteiger partial charge in [0.2, 0.25) is 0 Å². The fraction of sp³-hybridized carbons (Fsp3) is 0. The van der Waals surface area contributed by atoms with Crippen LogP contribution in [0, 0.1) is 11.3 Å². The molecule has 0 atom stereocenters. The van der Waals surface area contributed by atoms with Crippen molar-refractivity contribution in [2.75, 3.05) is 0 Å². The molecule has 7 heterocycles. The molecule has 0 fully saturated rings. The van der Waals surface area contributed by atoms with Crippen LogP contribution in [0.2, 0.25) is 0 Å². The Morgan fingerprint density at radius 2 is 0.698 bits per heavy atom. The molecule has 0 aliphatic carbocycles. The van der Waals surface area contributed by atoms with E-state index in [9.17, 15) is 0 Å². The first kappa shape index (κ1) is 32.9. The molecule has 0 radical (unpaired) electrons. The molecule has 53 heavy (non-hydrogen) atoms. The number of hydrogen-bond donors (Lipinski definition) is 0. The van der Waals surface area contributed by atoms with Gasteiger partial charge in [-0.2, -0.15) is 5.26 Å². The molecule has 250 valence electrons. The quantitative estimate of drug-likeness (QED) is 0.0884. The van der Waals surface area contributed by atoms with Crippen molar-refractivity contribution in [1.82, 2.24) is 59.8 Å². The number of fused-ring (bicyclic) bond motifs is 13. The summed E-state index contributed by atoms with van der Waals surface area (Å²) in [5.41, 5.74) is 11.9. The van der Waals surface area contributed by atoms with Gasteiger partial charge in [0.1, 0.15) is 22.1 Å². The van der Waals surface area contributed by atoms with E-state index in [4.69, 9.17) is 15.2 Å². The number of nitrogens with zero attached hydrogens (tertiary/aromatic N) is 13. The molecule has 0 saturated carbocycles. The molecule has 0 bridgehead atoms. The van der Waals surface area contributed by atoms with E-state index in [2.05, 4.69) is 55.9 Å². The smallest absolute Gasteiger partial charge is 0.116 e. The maximum absolute atomic E-state index is 9.11. The molecule has 4 aromatic carbocycles. The van der Waals surface area contributed by atoms with Crippen LogP contribution in [-0.4, -0.2) is 59.8 Å². The Hall–Kier alpha value is -7.23. The average Bonchev–Trinajstić information content (AvgIpc) is 3.23. The molecule has 0 spiro atoms. The van der Waals surface area contributed by atoms with E-state index >= 15 is 0 Å². The molecule has 0 amide bonds. The monoisotopic (exact) mass is 773 g/mol. The summed E-state index contributed by atoms with van der Waals surface area (Å²) >= 11 is 0. The van der Waals surface area contributed by atoms with E-state index in [0.717, 1.165) is 82.5 Å². The van der Waals surface area contributed by atoms with Crippen LogP contribution in [0.15, 0.2) is 129 Å². The molecule has 13 nitrogen and oxygen atoms in total. The van der Waals surface area contributed by atoms with E-state index in [1.54, 1.807) is 74.1 Å². The zero-order chi connectivity index (χ0) is 34.9. The van der Waals surface area contributed by atoms with E-state index < -0.39 is 0 Å². The van der Waals surface area contributed by atoms with Gasteiger partial charge in [-0.15, -0.1) is 0 Å². The summed E-state index contributed by atoms with van der Waals surface area (Å²) in [7, 11) is 0. The van der Waals surface area contributed by atoms with Gasteiger partial charge in [-0.1, -0.05) is 0 Å². The number of aromatic nitrogens is 12. The summed E-state index contributed by atoms with van der Waals surface area (Å²) in [6.45, 7) is 0. The summed E-state index contributed by atoms with van der Waals surface area (Å²) in [6, 6.07) is 22.8. The van der Waals surface area contributed by atoms with E-state index in [1.807, 2.05) is 54.6 Å². The second-order valence-electron chi connectivity index (χ2n) is 11.4. The summed E-state index contributed by atoms with van der Waals surface area (Å²) in [5, 5.41) is 10.9. The van der Waals surface area contributed by atoms with Crippen LogP contribution >= 0.6 is 0 Å². The Morgan fingerprint density at radius 1 is 0.340 bits per heavy atom. The fourth-order valence-electron chi connectivity index (χ4n) is 6.00. The Morgan fingerprint density at radius 3 is 1.11 bits per heavy atom. The van der Waals surface area contributed by atoms with Gasteiger partial charge in [-0.3, -0.25) is 49.8 Å². The maximum Gasteiger partial charge on any atom is 0.116 e. The predicted octanol–water partition coefficient (Wildman–Crippen LogP) is 6.89. The minimum Gasteiger partial charge on any atom is -0.254 e. The normalized spacial score (nSPS) is 10.8. The third kappa shape index (κ3) is 6.11. The number of hydrogen-bond acceptors (Lipinski definition) is 13. The number of rotatable bonds is 0. The van der Waals surface area contributed by atoms with E-state index in [1.165, 1.54) is 0 Å². The van der Waals surface area contributed by atoms with E-state index in [-0.39, 0.29) is 19.5 Å². The van der Waals surface area contributed by atoms with Crippen molar-refractivity contribution >= 4 is 88.0 Å². The van der Waals surface area contributed by atoms with Crippen molar-refractivity contribution in [1.29, 1.82) is 5.26 Å². The van der Waals surface area contributed by atoms with Crippen LogP contribution in [0.1, 0.15) is 5.56 Å². The van der Waals surface area contributed by atoms with Crippen LogP contribution in [0.4, 0.5) is 0 Å². The zero-order valence-electron chi connectivity index (χ0n) is 27.3. The van der Waals surface area contributed by atoms with Gasteiger partial charge in [-0.25, -0.2) is 9.97 Å². The third-order valence-corrected chi connectivity index (χ3v) is 8.30. The van der Waals surface area contributed by atoms with Crippen molar-refractivity contribution in [3.63, 3.8) is 0 Å². The molecule has 0 N–H and O–H groups in total. The summed E-state index contributed by atoms with van der Waals surface area (Å²) in [4.78, 5) is 52.3. The molecular formula is C39H21N13Ru. The van der Waals surface area contributed by atoms with Gasteiger partial charge < -0.3 is 0 Å². The van der Waals surface area contributed by atoms with Gasteiger partial charge in [0.15, 0.2) is 0 Å². The summed E-state index contributed by atoms with van der Waals surface area (Å²) in [5.74, 6) is 0. The number of nitriles is 1. The van der Waals surface area contributed by atoms with Gasteiger partial charge >= 0.3 is 0 Å². The van der Waals surface area contributed by atoms with Crippen molar-refractivity contribution in [2.24, 2.45) is 0 Å². The standard InChI is InChI=1S/C19H9N5.2C10H6N4.Ru/c20-10-11-5-6-14-15(9-11)24-19-13-4-2-8-22-17(13)16-12(18(19)23-14)3-1-7-21-16;2*1-2-8-10(14-6-4-12-8)9-7(1)11-3-5-13-9;/h1-9H;2*1-6H;. The van der Waals surface area contributed by atoms with Crippen LogP contribution in [0.3, 0.4) is 0 Å². The molecule has 0 aliphatic heterocycles. The fourth-order valence-corrected chi connectivity index (χ4v) is 6.00. The van der Waals surface area contributed by atoms with Crippen LogP contribution in [0.5, 0.6) is 0 Å². The molecule has 11 rings (SSSR count). The second kappa shape index (κ2) is 14.2. The Balaban J connectivity index is 0.000000119. The van der Waals surface area contributed by atoms with Crippen molar-refractivity contribution in [3.8, 4) is 6.07 Å². The first-order valence-electron chi connectivity index (χ1n) is 16.0. The Bertz CT molecular complexity index is 2970. The van der Waals surface area contributed by atoms with Crippen LogP contribution < -0.4 is 0 Å². The van der Waals surface area contributed by atoms with Crippen molar-refractivity contribution in [2.45, 2.75) is 0 Å². The largest absolute Gasteiger partial charge is 0.254 e.